The number of carbonyl (C=O) groups is 1. The summed E-state index contributed by atoms with van der Waals surface area (Å²) < 4.78 is 84.4. The molecule has 0 fully saturated rings. The lowest BCUT2D eigenvalue weighted by Gasteiger charge is -2.38. The first kappa shape index (κ1) is 25.3. The van der Waals surface area contributed by atoms with Crippen LogP contribution in [-0.2, 0) is 11.2 Å². The number of aliphatic hydroxyl groups excluding tert-OH is 1. The summed E-state index contributed by atoms with van der Waals surface area (Å²) in [5, 5.41) is 10.9. The summed E-state index contributed by atoms with van der Waals surface area (Å²) in [6.45, 7) is 0. The summed E-state index contributed by atoms with van der Waals surface area (Å²) in [5.41, 5.74) is 0.270. The zero-order chi connectivity index (χ0) is 26.1. The number of rotatable bonds is 6. The van der Waals surface area contributed by atoms with Crippen molar-refractivity contribution in [2.75, 3.05) is 4.90 Å². The van der Waals surface area contributed by atoms with E-state index < -0.39 is 48.7 Å². The summed E-state index contributed by atoms with van der Waals surface area (Å²) in [6, 6.07) is 10.1. The van der Waals surface area contributed by atoms with E-state index in [-0.39, 0.29) is 16.8 Å². The van der Waals surface area contributed by atoms with E-state index in [1.165, 1.54) is 41.4 Å². The first-order chi connectivity index (χ1) is 16.9. The number of aliphatic imine (C=N–C) groups is 1. The van der Waals surface area contributed by atoms with Gasteiger partial charge in [0, 0.05) is 53.7 Å². The molecule has 2 heterocycles. The molecule has 0 bridgehead atoms. The van der Waals surface area contributed by atoms with Gasteiger partial charge in [-0.05, 0) is 18.2 Å². The molecule has 0 spiro atoms. The molecule has 2 aromatic rings. The van der Waals surface area contributed by atoms with Crippen molar-refractivity contribution in [2.24, 2.45) is 4.99 Å². The molecule has 6 nitrogen and oxygen atoms in total. The Hall–Kier alpha value is -3.80. The standard InChI is InChI=1S/C24H18F6N2O4/c25-23(26,27)35-16-7-3-6-15(12-16)32-13-18(21(34)17-8-4-10-31-22(17)32)19(33)11-14-5-1-2-9-20(14)36-24(28,29)30/h1-3,5-10,12-13,21-22,34H,4,11H2. The van der Waals surface area contributed by atoms with Crippen molar-refractivity contribution in [3.63, 3.8) is 0 Å². The summed E-state index contributed by atoms with van der Waals surface area (Å²) >= 11 is 0. The number of anilines is 1. The molecule has 2 aliphatic heterocycles. The second-order valence-electron chi connectivity index (χ2n) is 7.84. The second kappa shape index (κ2) is 9.69. The van der Waals surface area contributed by atoms with Crippen LogP contribution in [-0.4, -0.2) is 42.1 Å². The van der Waals surface area contributed by atoms with Crippen LogP contribution in [0.1, 0.15) is 12.0 Å². The zero-order valence-corrected chi connectivity index (χ0v) is 18.3. The number of hydrogen-bond acceptors (Lipinski definition) is 6. The van der Waals surface area contributed by atoms with E-state index in [1.54, 1.807) is 12.3 Å². The molecule has 2 unspecified atom stereocenters. The van der Waals surface area contributed by atoms with Crippen LogP contribution in [0.25, 0.3) is 0 Å². The first-order valence-corrected chi connectivity index (χ1v) is 10.5. The Kier molecular flexibility index (Phi) is 6.81. The van der Waals surface area contributed by atoms with Gasteiger partial charge < -0.3 is 19.5 Å². The Balaban J connectivity index is 1.69. The van der Waals surface area contributed by atoms with E-state index in [0.29, 0.717) is 12.0 Å². The third-order valence-corrected chi connectivity index (χ3v) is 5.38. The number of aliphatic hydroxyl groups is 1. The van der Waals surface area contributed by atoms with E-state index in [4.69, 9.17) is 0 Å². The molecule has 36 heavy (non-hydrogen) atoms. The average Bonchev–Trinajstić information content (AvgIpc) is 2.79. The van der Waals surface area contributed by atoms with Crippen molar-refractivity contribution in [1.29, 1.82) is 0 Å². The van der Waals surface area contributed by atoms with Gasteiger partial charge in [0.2, 0.25) is 0 Å². The van der Waals surface area contributed by atoms with Gasteiger partial charge in [-0.2, -0.15) is 0 Å². The molecule has 4 rings (SSSR count). The fraction of sp³-hybridized carbons (Fsp3) is 0.250. The van der Waals surface area contributed by atoms with Gasteiger partial charge >= 0.3 is 12.7 Å². The van der Waals surface area contributed by atoms with Gasteiger partial charge in [-0.1, -0.05) is 30.3 Å². The SMILES string of the molecule is O=C(Cc1ccccc1OC(F)(F)F)C1=CN(c2cccc(OC(F)(F)F)c2)C2N=CCC=C2C1O. The number of allylic oxidation sites excluding steroid dienone is 1. The molecule has 2 aliphatic rings. The third kappa shape index (κ3) is 5.88. The highest BCUT2D eigenvalue weighted by atomic mass is 19.4. The van der Waals surface area contributed by atoms with Crippen molar-refractivity contribution in [2.45, 2.75) is 37.8 Å². The topological polar surface area (TPSA) is 71.4 Å². The van der Waals surface area contributed by atoms with Crippen LogP contribution in [0.2, 0.25) is 0 Å². The predicted molar refractivity (Wildman–Crippen MR) is 117 cm³/mol. The number of halogens is 6. The first-order valence-electron chi connectivity index (χ1n) is 10.5. The van der Waals surface area contributed by atoms with Gasteiger partial charge in [0.15, 0.2) is 5.78 Å². The van der Waals surface area contributed by atoms with Crippen LogP contribution in [0.15, 0.2) is 76.9 Å². The zero-order valence-electron chi connectivity index (χ0n) is 18.3. The lowest BCUT2D eigenvalue weighted by atomic mass is 9.88. The van der Waals surface area contributed by atoms with Crippen LogP contribution in [0.3, 0.4) is 0 Å². The number of fused-ring (bicyclic) bond motifs is 1. The lowest BCUT2D eigenvalue weighted by molar-refractivity contribution is -0.275. The van der Waals surface area contributed by atoms with Crippen molar-refractivity contribution in [3.05, 3.63) is 77.5 Å². The minimum atomic E-state index is -4.97. The number of carbonyl (C=O) groups excluding carboxylic acids is 1. The normalized spacial score (nSPS) is 19.8. The molecule has 0 aliphatic carbocycles. The Morgan fingerprint density at radius 1 is 1.03 bits per heavy atom. The molecule has 0 saturated carbocycles. The van der Waals surface area contributed by atoms with E-state index in [9.17, 15) is 36.2 Å². The summed E-state index contributed by atoms with van der Waals surface area (Å²) in [5.74, 6) is -1.77. The van der Waals surface area contributed by atoms with E-state index in [2.05, 4.69) is 14.5 Å². The Morgan fingerprint density at radius 3 is 2.47 bits per heavy atom. The number of nitrogens with zero attached hydrogens (tertiary/aromatic N) is 2. The molecule has 190 valence electrons. The molecule has 0 saturated heterocycles. The fourth-order valence-corrected chi connectivity index (χ4v) is 3.93. The number of hydrogen-bond donors (Lipinski definition) is 1. The van der Waals surface area contributed by atoms with Crippen molar-refractivity contribution < 1.29 is 45.7 Å². The van der Waals surface area contributed by atoms with Crippen LogP contribution in [0, 0.1) is 0 Å². The number of Topliss-reactive ketones (excluding diaryl/α,β-unsaturated/α-hetero) is 1. The summed E-state index contributed by atoms with van der Waals surface area (Å²) in [7, 11) is 0. The van der Waals surface area contributed by atoms with Gasteiger partial charge in [0.1, 0.15) is 23.8 Å². The number of ether oxygens (including phenoxy) is 2. The number of benzene rings is 2. The maximum atomic E-state index is 13.2. The maximum absolute atomic E-state index is 13.2. The van der Waals surface area contributed by atoms with Crippen LogP contribution in [0.5, 0.6) is 11.5 Å². The lowest BCUT2D eigenvalue weighted by Crippen LogP contribution is -2.43. The number of dihydropyridines is 1. The van der Waals surface area contributed by atoms with Crippen LogP contribution in [0.4, 0.5) is 32.0 Å². The predicted octanol–water partition coefficient (Wildman–Crippen LogP) is 5.09. The van der Waals surface area contributed by atoms with Crippen LogP contribution >= 0.6 is 0 Å². The number of alkyl halides is 6. The van der Waals surface area contributed by atoms with E-state index in [0.717, 1.165) is 18.2 Å². The molecule has 0 amide bonds. The minimum Gasteiger partial charge on any atom is -0.406 e. The fourth-order valence-electron chi connectivity index (χ4n) is 3.93. The highest BCUT2D eigenvalue weighted by molar-refractivity contribution is 5.99. The summed E-state index contributed by atoms with van der Waals surface area (Å²) in [4.78, 5) is 18.9. The second-order valence-corrected chi connectivity index (χ2v) is 7.84. The van der Waals surface area contributed by atoms with E-state index in [1.807, 2.05) is 0 Å². The Labute approximate surface area is 200 Å². The smallest absolute Gasteiger partial charge is 0.406 e. The number of para-hydroxylation sites is 1. The molecular weight excluding hydrogens is 494 g/mol. The molecule has 0 aromatic heterocycles. The van der Waals surface area contributed by atoms with Gasteiger partial charge in [-0.15, -0.1) is 26.3 Å². The maximum Gasteiger partial charge on any atom is 0.573 e. The molecule has 2 atom stereocenters. The molecule has 1 N–H and O–H groups in total. The Morgan fingerprint density at radius 2 is 1.75 bits per heavy atom. The Bertz CT molecular complexity index is 1240. The quantitative estimate of drug-likeness (QED) is 0.432. The third-order valence-electron chi connectivity index (χ3n) is 5.38. The van der Waals surface area contributed by atoms with Gasteiger partial charge in [0.25, 0.3) is 0 Å². The molecule has 0 radical (unpaired) electrons. The van der Waals surface area contributed by atoms with E-state index >= 15 is 0 Å². The molecular formula is C24H18F6N2O4. The van der Waals surface area contributed by atoms with Crippen molar-refractivity contribution >= 4 is 17.7 Å². The van der Waals surface area contributed by atoms with Gasteiger partial charge in [-0.25, -0.2) is 0 Å². The average molecular weight is 512 g/mol. The highest BCUT2D eigenvalue weighted by Gasteiger charge is 2.38. The molecule has 12 heteroatoms. The van der Waals surface area contributed by atoms with Gasteiger partial charge in [-0.3, -0.25) is 9.79 Å². The molecule has 2 aromatic carbocycles. The monoisotopic (exact) mass is 512 g/mol. The van der Waals surface area contributed by atoms with Gasteiger partial charge in [0.05, 0.1) is 0 Å². The minimum absolute atomic E-state index is 0.0576. The van der Waals surface area contributed by atoms with Crippen LogP contribution < -0.4 is 14.4 Å². The number of ketones is 1. The highest BCUT2D eigenvalue weighted by Crippen LogP contribution is 2.36. The van der Waals surface area contributed by atoms with Crippen molar-refractivity contribution in [1.82, 2.24) is 0 Å². The largest absolute Gasteiger partial charge is 0.573 e. The summed E-state index contributed by atoms with van der Waals surface area (Å²) in [6.07, 6.45) is -7.92. The van der Waals surface area contributed by atoms with Crippen molar-refractivity contribution in [3.8, 4) is 11.5 Å².